The Kier molecular flexibility index (Phi) is 1.45. The van der Waals surface area contributed by atoms with Crippen LogP contribution in [-0.2, 0) is 9.47 Å². The van der Waals surface area contributed by atoms with Crippen LogP contribution in [0.15, 0.2) is 0 Å². The van der Waals surface area contributed by atoms with Crippen molar-refractivity contribution in [1.29, 1.82) is 0 Å². The molecule has 0 aromatic heterocycles. The number of hydrogen-bond acceptors (Lipinski definition) is 5. The highest BCUT2D eigenvalue weighted by Crippen LogP contribution is 2.35. The van der Waals surface area contributed by atoms with Crippen LogP contribution in [0.1, 0.15) is 0 Å². The largest absolute Gasteiger partial charge is 0.388 e. The highest BCUT2D eigenvalue weighted by Gasteiger charge is 2.58. The number of aliphatic hydroxyl groups excluding tert-OH is 2. The molecule has 0 radical (unpaired) electrons. The Bertz CT molecular complexity index is 172. The van der Waals surface area contributed by atoms with Crippen molar-refractivity contribution in [2.24, 2.45) is 0 Å². The van der Waals surface area contributed by atoms with Crippen molar-refractivity contribution in [2.45, 2.75) is 24.1 Å². The van der Waals surface area contributed by atoms with Gasteiger partial charge in [0.1, 0.15) is 18.3 Å². The second-order valence-corrected chi connectivity index (χ2v) is 2.90. The Morgan fingerprint density at radius 1 is 1.27 bits per heavy atom. The number of ether oxygens (including phenoxy) is 2. The molecule has 0 spiro atoms. The molecule has 2 aliphatic heterocycles. The summed E-state index contributed by atoms with van der Waals surface area (Å²) in [6.45, 7) is 0.0243. The second kappa shape index (κ2) is 2.15. The minimum Gasteiger partial charge on any atom is -0.388 e. The number of fused-ring (bicyclic) bond motifs is 1. The van der Waals surface area contributed by atoms with E-state index in [-0.39, 0.29) is 13.2 Å². The summed E-state index contributed by atoms with van der Waals surface area (Å²) in [4.78, 5) is 0. The van der Waals surface area contributed by atoms with Gasteiger partial charge in [0.15, 0.2) is 0 Å². The van der Waals surface area contributed by atoms with Crippen LogP contribution in [0.25, 0.3) is 0 Å². The Hall–Kier alpha value is -0.200. The Morgan fingerprint density at radius 3 is 2.64 bits per heavy atom. The molecule has 11 heavy (non-hydrogen) atoms. The second-order valence-electron chi connectivity index (χ2n) is 2.90. The fraction of sp³-hybridized carbons (Fsp3) is 1.00. The summed E-state index contributed by atoms with van der Waals surface area (Å²) in [6, 6.07) is 0. The monoisotopic (exact) mass is 162 g/mol. The van der Waals surface area contributed by atoms with Crippen molar-refractivity contribution in [1.82, 2.24) is 0 Å². The summed E-state index contributed by atoms with van der Waals surface area (Å²) < 4.78 is 9.75. The zero-order valence-electron chi connectivity index (χ0n) is 5.80. The van der Waals surface area contributed by atoms with Crippen LogP contribution < -0.4 is 0 Å². The average Bonchev–Trinajstić information content (AvgIpc) is 2.39. The molecule has 0 aliphatic carbocycles. The molecule has 0 saturated carbocycles. The van der Waals surface area contributed by atoms with Gasteiger partial charge < -0.3 is 24.8 Å². The Labute approximate surface area is 63.2 Å². The zero-order chi connectivity index (χ0) is 8.06. The lowest BCUT2D eigenvalue weighted by Gasteiger charge is -2.22. The molecule has 4 atom stereocenters. The quantitative estimate of drug-likeness (QED) is 0.377. The van der Waals surface area contributed by atoms with Gasteiger partial charge in [-0.05, 0) is 0 Å². The van der Waals surface area contributed by atoms with Crippen molar-refractivity contribution in [3.63, 3.8) is 0 Å². The van der Waals surface area contributed by atoms with Crippen molar-refractivity contribution in [3.8, 4) is 0 Å². The number of aliphatic hydroxyl groups is 3. The molecule has 0 aromatic carbocycles. The van der Waals surface area contributed by atoms with E-state index in [2.05, 4.69) is 0 Å². The first-order valence-corrected chi connectivity index (χ1v) is 3.48. The van der Waals surface area contributed by atoms with E-state index in [1.807, 2.05) is 0 Å². The van der Waals surface area contributed by atoms with E-state index in [9.17, 15) is 5.11 Å². The summed E-state index contributed by atoms with van der Waals surface area (Å²) in [5.41, 5.74) is 0. The molecule has 64 valence electrons. The summed E-state index contributed by atoms with van der Waals surface area (Å²) in [5, 5.41) is 27.8. The van der Waals surface area contributed by atoms with Gasteiger partial charge in [-0.3, -0.25) is 0 Å². The van der Waals surface area contributed by atoms with Gasteiger partial charge in [-0.2, -0.15) is 0 Å². The SMILES string of the molecule is O[C@@H]1CO[C@@H]2[C@@H](O)CO[C@]12O. The molecule has 2 rings (SSSR count). The third kappa shape index (κ3) is 0.830. The first-order valence-electron chi connectivity index (χ1n) is 3.48. The van der Waals surface area contributed by atoms with E-state index in [0.717, 1.165) is 0 Å². The maximum atomic E-state index is 9.51. The zero-order valence-corrected chi connectivity index (χ0v) is 5.80. The molecule has 2 saturated heterocycles. The van der Waals surface area contributed by atoms with Gasteiger partial charge in [-0.25, -0.2) is 0 Å². The average molecular weight is 162 g/mol. The maximum Gasteiger partial charge on any atom is 0.224 e. The van der Waals surface area contributed by atoms with E-state index in [4.69, 9.17) is 19.7 Å². The molecular weight excluding hydrogens is 152 g/mol. The molecule has 5 heteroatoms. The third-order valence-corrected chi connectivity index (χ3v) is 2.15. The molecule has 0 amide bonds. The van der Waals surface area contributed by atoms with Gasteiger partial charge in [-0.15, -0.1) is 0 Å². The van der Waals surface area contributed by atoms with Gasteiger partial charge in [0.05, 0.1) is 13.2 Å². The lowest BCUT2D eigenvalue weighted by Crippen LogP contribution is -2.46. The van der Waals surface area contributed by atoms with Crippen LogP contribution >= 0.6 is 0 Å². The third-order valence-electron chi connectivity index (χ3n) is 2.15. The molecule has 2 heterocycles. The molecule has 0 aromatic rings. The lowest BCUT2D eigenvalue weighted by molar-refractivity contribution is -0.224. The van der Waals surface area contributed by atoms with Crippen molar-refractivity contribution < 1.29 is 24.8 Å². The van der Waals surface area contributed by atoms with E-state index in [1.165, 1.54) is 0 Å². The maximum absolute atomic E-state index is 9.51. The van der Waals surface area contributed by atoms with Gasteiger partial charge >= 0.3 is 0 Å². The van der Waals surface area contributed by atoms with Gasteiger partial charge in [-0.1, -0.05) is 0 Å². The smallest absolute Gasteiger partial charge is 0.224 e. The highest BCUT2D eigenvalue weighted by atomic mass is 16.7. The van der Waals surface area contributed by atoms with E-state index < -0.39 is 24.1 Å². The van der Waals surface area contributed by atoms with Crippen molar-refractivity contribution in [2.75, 3.05) is 13.2 Å². The summed E-state index contributed by atoms with van der Waals surface area (Å²) in [5.74, 6) is -1.68. The van der Waals surface area contributed by atoms with Crippen LogP contribution in [0.3, 0.4) is 0 Å². The first-order chi connectivity index (χ1) is 5.14. The highest BCUT2D eigenvalue weighted by molar-refractivity contribution is 4.99. The molecule has 0 unspecified atom stereocenters. The lowest BCUT2D eigenvalue weighted by atomic mass is 10.1. The standard InChI is InChI=1S/C6H10O5/c7-3-1-11-6(9)4(8)2-10-5(3)6/h3-5,7-9H,1-2H2/t3-,4+,5+,6+/m0/s1. The Balaban J connectivity index is 2.23. The van der Waals surface area contributed by atoms with Gasteiger partial charge in [0.2, 0.25) is 5.79 Å². The topological polar surface area (TPSA) is 79.2 Å². The van der Waals surface area contributed by atoms with E-state index in [0.29, 0.717) is 0 Å². The molecule has 2 fully saturated rings. The first kappa shape index (κ1) is 7.45. The van der Waals surface area contributed by atoms with Gasteiger partial charge in [0, 0.05) is 0 Å². The summed E-state index contributed by atoms with van der Waals surface area (Å²) >= 11 is 0. The van der Waals surface area contributed by atoms with Gasteiger partial charge in [0.25, 0.3) is 0 Å². The fourth-order valence-corrected chi connectivity index (χ4v) is 1.49. The number of rotatable bonds is 0. The predicted octanol–water partition coefficient (Wildman–Crippen LogP) is -2.17. The minimum atomic E-state index is -1.68. The molecule has 2 aliphatic rings. The summed E-state index contributed by atoms with van der Waals surface area (Å²) in [7, 11) is 0. The minimum absolute atomic E-state index is 0.0121. The molecule has 3 N–H and O–H groups in total. The van der Waals surface area contributed by atoms with Crippen LogP contribution in [0.2, 0.25) is 0 Å². The normalized spacial score (nSPS) is 56.5. The number of hydrogen-bond donors (Lipinski definition) is 3. The summed E-state index contributed by atoms with van der Waals surface area (Å²) in [6.07, 6.45) is -2.68. The van der Waals surface area contributed by atoms with Crippen LogP contribution in [0.4, 0.5) is 0 Å². The fourth-order valence-electron chi connectivity index (χ4n) is 1.49. The predicted molar refractivity (Wildman–Crippen MR) is 32.7 cm³/mol. The van der Waals surface area contributed by atoms with Crippen LogP contribution in [0.5, 0.6) is 0 Å². The Morgan fingerprint density at radius 2 is 2.00 bits per heavy atom. The molecular formula is C6H10O5. The van der Waals surface area contributed by atoms with Crippen LogP contribution in [0, 0.1) is 0 Å². The molecule has 0 bridgehead atoms. The van der Waals surface area contributed by atoms with Crippen LogP contribution in [-0.4, -0.2) is 52.6 Å². The molecule has 5 nitrogen and oxygen atoms in total. The van der Waals surface area contributed by atoms with Crippen molar-refractivity contribution in [3.05, 3.63) is 0 Å². The van der Waals surface area contributed by atoms with E-state index >= 15 is 0 Å². The van der Waals surface area contributed by atoms with Crippen molar-refractivity contribution >= 4 is 0 Å². The van der Waals surface area contributed by atoms with E-state index in [1.54, 1.807) is 0 Å².